The van der Waals surface area contributed by atoms with Gasteiger partial charge in [-0.25, -0.2) is 4.98 Å². The highest BCUT2D eigenvalue weighted by atomic mass is 15.1. The molecule has 2 rings (SSSR count). The SMILES string of the molecule is CC(C)c1nccn1-c1ccc(N)cc1. The minimum atomic E-state index is 0.414. The second-order valence-electron chi connectivity index (χ2n) is 3.90. The summed E-state index contributed by atoms with van der Waals surface area (Å²) in [7, 11) is 0. The van der Waals surface area contributed by atoms with Crippen LogP contribution < -0.4 is 5.73 Å². The zero-order valence-corrected chi connectivity index (χ0v) is 9.01. The van der Waals surface area contributed by atoms with Gasteiger partial charge in [-0.2, -0.15) is 0 Å². The summed E-state index contributed by atoms with van der Waals surface area (Å²) < 4.78 is 2.09. The Morgan fingerprint density at radius 1 is 1.20 bits per heavy atom. The first kappa shape index (κ1) is 9.77. The highest BCUT2D eigenvalue weighted by molar-refractivity contribution is 5.45. The van der Waals surface area contributed by atoms with E-state index in [-0.39, 0.29) is 0 Å². The van der Waals surface area contributed by atoms with Crippen LogP contribution in [-0.4, -0.2) is 9.55 Å². The largest absolute Gasteiger partial charge is 0.399 e. The number of nitrogen functional groups attached to an aromatic ring is 1. The maximum absolute atomic E-state index is 5.65. The van der Waals surface area contributed by atoms with E-state index < -0.39 is 0 Å². The number of imidazole rings is 1. The first-order chi connectivity index (χ1) is 7.18. The van der Waals surface area contributed by atoms with Crippen LogP contribution in [-0.2, 0) is 0 Å². The lowest BCUT2D eigenvalue weighted by Gasteiger charge is -2.10. The summed E-state index contributed by atoms with van der Waals surface area (Å²) >= 11 is 0. The molecule has 0 aliphatic heterocycles. The summed E-state index contributed by atoms with van der Waals surface area (Å²) in [5.74, 6) is 1.48. The van der Waals surface area contributed by atoms with E-state index in [2.05, 4.69) is 23.4 Å². The van der Waals surface area contributed by atoms with Crippen LogP contribution in [0.3, 0.4) is 0 Å². The molecule has 0 spiro atoms. The van der Waals surface area contributed by atoms with E-state index in [1.165, 1.54) is 0 Å². The molecule has 1 aromatic carbocycles. The maximum Gasteiger partial charge on any atom is 0.115 e. The normalized spacial score (nSPS) is 10.9. The van der Waals surface area contributed by atoms with Crippen molar-refractivity contribution in [2.45, 2.75) is 19.8 Å². The van der Waals surface area contributed by atoms with Gasteiger partial charge >= 0.3 is 0 Å². The van der Waals surface area contributed by atoms with Crippen LogP contribution in [0.15, 0.2) is 36.7 Å². The second kappa shape index (κ2) is 3.77. The number of benzene rings is 1. The van der Waals surface area contributed by atoms with E-state index in [1.807, 2.05) is 36.7 Å². The van der Waals surface area contributed by atoms with Crippen molar-refractivity contribution in [2.75, 3.05) is 5.73 Å². The lowest BCUT2D eigenvalue weighted by atomic mass is 10.2. The average molecular weight is 201 g/mol. The van der Waals surface area contributed by atoms with Gasteiger partial charge in [0, 0.05) is 29.7 Å². The summed E-state index contributed by atoms with van der Waals surface area (Å²) in [4.78, 5) is 4.35. The first-order valence-electron chi connectivity index (χ1n) is 5.07. The van der Waals surface area contributed by atoms with Crippen molar-refractivity contribution in [3.63, 3.8) is 0 Å². The molecule has 0 saturated carbocycles. The fourth-order valence-corrected chi connectivity index (χ4v) is 1.60. The van der Waals surface area contributed by atoms with Gasteiger partial charge in [-0.05, 0) is 24.3 Å². The number of nitrogens with zero attached hydrogens (tertiary/aromatic N) is 2. The number of nitrogens with two attached hydrogens (primary N) is 1. The van der Waals surface area contributed by atoms with Crippen molar-refractivity contribution in [2.24, 2.45) is 0 Å². The number of rotatable bonds is 2. The molecule has 3 nitrogen and oxygen atoms in total. The Morgan fingerprint density at radius 3 is 2.47 bits per heavy atom. The molecule has 3 heteroatoms. The van der Waals surface area contributed by atoms with Gasteiger partial charge in [0.05, 0.1) is 0 Å². The van der Waals surface area contributed by atoms with Crippen LogP contribution in [0.25, 0.3) is 5.69 Å². The molecule has 0 fully saturated rings. The van der Waals surface area contributed by atoms with Gasteiger partial charge in [-0.3, -0.25) is 0 Å². The quantitative estimate of drug-likeness (QED) is 0.759. The monoisotopic (exact) mass is 201 g/mol. The third kappa shape index (κ3) is 1.86. The predicted octanol–water partition coefficient (Wildman–Crippen LogP) is 2.58. The van der Waals surface area contributed by atoms with Crippen LogP contribution >= 0.6 is 0 Å². The molecule has 78 valence electrons. The topological polar surface area (TPSA) is 43.8 Å². The standard InChI is InChI=1S/C12H15N3/c1-9(2)12-14-7-8-15(12)11-5-3-10(13)4-6-11/h3-9H,13H2,1-2H3. The Labute approximate surface area is 89.6 Å². The third-order valence-corrected chi connectivity index (χ3v) is 2.36. The van der Waals surface area contributed by atoms with E-state index in [1.54, 1.807) is 0 Å². The van der Waals surface area contributed by atoms with E-state index in [0.717, 1.165) is 17.2 Å². The van der Waals surface area contributed by atoms with Crippen LogP contribution in [0.1, 0.15) is 25.6 Å². The molecular formula is C12H15N3. The number of aromatic nitrogens is 2. The maximum atomic E-state index is 5.65. The minimum absolute atomic E-state index is 0.414. The summed E-state index contributed by atoms with van der Waals surface area (Å²) in [5, 5.41) is 0. The molecule has 15 heavy (non-hydrogen) atoms. The van der Waals surface area contributed by atoms with Gasteiger partial charge in [-0.15, -0.1) is 0 Å². The fraction of sp³-hybridized carbons (Fsp3) is 0.250. The Hall–Kier alpha value is -1.77. The van der Waals surface area contributed by atoms with Crippen LogP contribution in [0.5, 0.6) is 0 Å². The van der Waals surface area contributed by atoms with Gasteiger partial charge in [0.15, 0.2) is 0 Å². The first-order valence-corrected chi connectivity index (χ1v) is 5.07. The number of hydrogen-bond acceptors (Lipinski definition) is 2. The number of anilines is 1. The molecule has 0 saturated heterocycles. The lowest BCUT2D eigenvalue weighted by molar-refractivity contribution is 0.752. The Morgan fingerprint density at radius 2 is 1.87 bits per heavy atom. The number of hydrogen-bond donors (Lipinski definition) is 1. The summed E-state index contributed by atoms with van der Waals surface area (Å²) in [6.45, 7) is 4.27. The van der Waals surface area contributed by atoms with Gasteiger partial charge in [0.25, 0.3) is 0 Å². The van der Waals surface area contributed by atoms with Gasteiger partial charge in [0.2, 0.25) is 0 Å². The Bertz CT molecular complexity index is 440. The Kier molecular flexibility index (Phi) is 2.46. The van der Waals surface area contributed by atoms with E-state index in [4.69, 9.17) is 5.73 Å². The molecule has 1 heterocycles. The third-order valence-electron chi connectivity index (χ3n) is 2.36. The predicted molar refractivity (Wildman–Crippen MR) is 62.1 cm³/mol. The van der Waals surface area contributed by atoms with E-state index in [9.17, 15) is 0 Å². The van der Waals surface area contributed by atoms with Crippen molar-refractivity contribution >= 4 is 5.69 Å². The second-order valence-corrected chi connectivity index (χ2v) is 3.90. The fourth-order valence-electron chi connectivity index (χ4n) is 1.60. The zero-order chi connectivity index (χ0) is 10.8. The average Bonchev–Trinajstić information content (AvgIpc) is 2.67. The minimum Gasteiger partial charge on any atom is -0.399 e. The molecule has 2 N–H and O–H groups in total. The summed E-state index contributed by atoms with van der Waals surface area (Å²) in [6.07, 6.45) is 3.80. The zero-order valence-electron chi connectivity index (χ0n) is 9.01. The molecular weight excluding hydrogens is 186 g/mol. The lowest BCUT2D eigenvalue weighted by Crippen LogP contribution is -2.02. The highest BCUT2D eigenvalue weighted by Crippen LogP contribution is 2.18. The summed E-state index contributed by atoms with van der Waals surface area (Å²) in [5.41, 5.74) is 7.54. The van der Waals surface area contributed by atoms with Gasteiger partial charge in [-0.1, -0.05) is 13.8 Å². The molecule has 0 bridgehead atoms. The van der Waals surface area contributed by atoms with Crippen molar-refractivity contribution < 1.29 is 0 Å². The molecule has 0 atom stereocenters. The molecule has 2 aromatic rings. The van der Waals surface area contributed by atoms with Crippen LogP contribution in [0, 0.1) is 0 Å². The van der Waals surface area contributed by atoms with Gasteiger partial charge < -0.3 is 10.3 Å². The van der Waals surface area contributed by atoms with Gasteiger partial charge in [0.1, 0.15) is 5.82 Å². The van der Waals surface area contributed by atoms with Crippen molar-refractivity contribution in [3.05, 3.63) is 42.5 Å². The van der Waals surface area contributed by atoms with Crippen LogP contribution in [0.2, 0.25) is 0 Å². The molecule has 1 aromatic heterocycles. The van der Waals surface area contributed by atoms with E-state index >= 15 is 0 Å². The Balaban J connectivity index is 2.45. The van der Waals surface area contributed by atoms with E-state index in [0.29, 0.717) is 5.92 Å². The van der Waals surface area contributed by atoms with Crippen molar-refractivity contribution in [1.82, 2.24) is 9.55 Å². The van der Waals surface area contributed by atoms with Crippen molar-refractivity contribution in [3.8, 4) is 5.69 Å². The van der Waals surface area contributed by atoms with Crippen LogP contribution in [0.4, 0.5) is 5.69 Å². The molecule has 0 unspecified atom stereocenters. The molecule has 0 aliphatic rings. The summed E-state index contributed by atoms with van der Waals surface area (Å²) in [6, 6.07) is 7.81. The smallest absolute Gasteiger partial charge is 0.115 e. The molecule has 0 radical (unpaired) electrons. The highest BCUT2D eigenvalue weighted by Gasteiger charge is 2.07. The molecule has 0 amide bonds. The van der Waals surface area contributed by atoms with Crippen molar-refractivity contribution in [1.29, 1.82) is 0 Å². The molecule has 0 aliphatic carbocycles.